The van der Waals surface area contributed by atoms with Crippen molar-refractivity contribution in [2.24, 2.45) is 5.92 Å². The summed E-state index contributed by atoms with van der Waals surface area (Å²) in [6.07, 6.45) is 2.58. The Labute approximate surface area is 104 Å². The zero-order valence-electron chi connectivity index (χ0n) is 10.4. The van der Waals surface area contributed by atoms with E-state index in [1.54, 1.807) is 0 Å². The Kier molecular flexibility index (Phi) is 7.35. The number of hydrogen-bond donors (Lipinski definition) is 1. The quantitative estimate of drug-likeness (QED) is 0.545. The molecule has 2 heteroatoms. The molecule has 0 saturated heterocycles. The molecule has 0 aliphatic carbocycles. The predicted octanol–water partition coefficient (Wildman–Crippen LogP) is 3.80. The van der Waals surface area contributed by atoms with Gasteiger partial charge < -0.3 is 5.32 Å². The second kappa shape index (κ2) is 8.66. The third kappa shape index (κ3) is 6.91. The molecule has 0 aliphatic heterocycles. The van der Waals surface area contributed by atoms with Crippen molar-refractivity contribution < 1.29 is 0 Å². The zero-order chi connectivity index (χ0) is 11.6. The minimum Gasteiger partial charge on any atom is -0.316 e. The van der Waals surface area contributed by atoms with Crippen LogP contribution in [0.3, 0.4) is 0 Å². The van der Waals surface area contributed by atoms with Crippen LogP contribution in [0.25, 0.3) is 0 Å². The highest BCUT2D eigenvalue weighted by molar-refractivity contribution is 7.99. The van der Waals surface area contributed by atoms with Crippen molar-refractivity contribution in [3.8, 4) is 0 Å². The smallest absolute Gasteiger partial charge is 0.00719 e. The largest absolute Gasteiger partial charge is 0.316 e. The molecule has 0 radical (unpaired) electrons. The van der Waals surface area contributed by atoms with Crippen LogP contribution in [0.4, 0.5) is 0 Å². The van der Waals surface area contributed by atoms with Gasteiger partial charge in [-0.15, -0.1) is 11.8 Å². The number of thioether (sulfide) groups is 1. The Bertz CT molecular complexity index is 259. The van der Waals surface area contributed by atoms with Crippen LogP contribution >= 0.6 is 11.8 Å². The summed E-state index contributed by atoms with van der Waals surface area (Å²) in [7, 11) is 0. The van der Waals surface area contributed by atoms with Crippen LogP contribution in [0.2, 0.25) is 0 Å². The Morgan fingerprint density at radius 2 is 1.88 bits per heavy atom. The highest BCUT2D eigenvalue weighted by Gasteiger charge is 1.94. The van der Waals surface area contributed by atoms with E-state index in [1.807, 2.05) is 11.8 Å². The van der Waals surface area contributed by atoms with E-state index < -0.39 is 0 Å². The summed E-state index contributed by atoms with van der Waals surface area (Å²) in [4.78, 5) is 1.39. The normalized spacial score (nSPS) is 10.9. The molecule has 0 atom stereocenters. The van der Waals surface area contributed by atoms with Gasteiger partial charge in [0.2, 0.25) is 0 Å². The molecule has 0 bridgehead atoms. The lowest BCUT2D eigenvalue weighted by atomic mass is 10.2. The van der Waals surface area contributed by atoms with Crippen LogP contribution in [-0.4, -0.2) is 18.8 Å². The highest BCUT2D eigenvalue weighted by Crippen LogP contribution is 2.17. The van der Waals surface area contributed by atoms with Gasteiger partial charge in [0, 0.05) is 4.90 Å². The molecule has 0 amide bonds. The lowest BCUT2D eigenvalue weighted by Gasteiger charge is -2.06. The van der Waals surface area contributed by atoms with E-state index in [4.69, 9.17) is 0 Å². The first-order valence-corrected chi connectivity index (χ1v) is 7.16. The van der Waals surface area contributed by atoms with E-state index in [0.717, 1.165) is 19.0 Å². The first kappa shape index (κ1) is 13.6. The Morgan fingerprint density at radius 1 is 1.12 bits per heavy atom. The van der Waals surface area contributed by atoms with Crippen molar-refractivity contribution in [3.05, 3.63) is 30.3 Å². The van der Waals surface area contributed by atoms with E-state index >= 15 is 0 Å². The van der Waals surface area contributed by atoms with Crippen LogP contribution in [0, 0.1) is 5.92 Å². The van der Waals surface area contributed by atoms with Crippen molar-refractivity contribution in [2.75, 3.05) is 18.8 Å². The maximum atomic E-state index is 3.47. The zero-order valence-corrected chi connectivity index (χ0v) is 11.2. The summed E-state index contributed by atoms with van der Waals surface area (Å²) >= 11 is 1.96. The van der Waals surface area contributed by atoms with Crippen molar-refractivity contribution in [1.82, 2.24) is 5.32 Å². The molecule has 1 nitrogen and oxygen atoms in total. The molecule has 1 rings (SSSR count). The second-order valence-electron chi connectivity index (χ2n) is 4.47. The van der Waals surface area contributed by atoms with E-state index in [2.05, 4.69) is 49.5 Å². The van der Waals surface area contributed by atoms with Gasteiger partial charge in [0.15, 0.2) is 0 Å². The molecule has 0 unspecified atom stereocenters. The highest BCUT2D eigenvalue weighted by atomic mass is 32.2. The van der Waals surface area contributed by atoms with Crippen molar-refractivity contribution in [2.45, 2.75) is 31.6 Å². The van der Waals surface area contributed by atoms with Crippen LogP contribution in [0.1, 0.15) is 26.7 Å². The van der Waals surface area contributed by atoms with Crippen molar-refractivity contribution in [3.63, 3.8) is 0 Å². The standard InChI is InChI=1S/C14H23NS/c1-13(2)12-15-10-6-7-11-16-14-8-4-3-5-9-14/h3-5,8-9,13,15H,6-7,10-12H2,1-2H3. The summed E-state index contributed by atoms with van der Waals surface area (Å²) in [5.74, 6) is 1.99. The second-order valence-corrected chi connectivity index (χ2v) is 5.63. The lowest BCUT2D eigenvalue weighted by molar-refractivity contribution is 0.541. The van der Waals surface area contributed by atoms with Gasteiger partial charge >= 0.3 is 0 Å². The SMILES string of the molecule is CC(C)CNCCCCSc1ccccc1. The molecule has 1 aromatic carbocycles. The molecule has 0 saturated carbocycles. The fourth-order valence-corrected chi connectivity index (χ4v) is 2.38. The topological polar surface area (TPSA) is 12.0 Å². The molecule has 1 aromatic rings. The molecule has 0 aliphatic rings. The first-order chi connectivity index (χ1) is 7.79. The summed E-state index contributed by atoms with van der Waals surface area (Å²) in [6.45, 7) is 6.80. The molecule has 0 fully saturated rings. The van der Waals surface area contributed by atoms with Crippen LogP contribution in [0.15, 0.2) is 35.2 Å². The molecule has 1 N–H and O–H groups in total. The number of hydrogen-bond acceptors (Lipinski definition) is 2. The van der Waals surface area contributed by atoms with Gasteiger partial charge in [-0.1, -0.05) is 32.0 Å². The van der Waals surface area contributed by atoms with Crippen LogP contribution in [-0.2, 0) is 0 Å². The summed E-state index contributed by atoms with van der Waals surface area (Å²) < 4.78 is 0. The van der Waals surface area contributed by atoms with E-state index in [-0.39, 0.29) is 0 Å². The Morgan fingerprint density at radius 3 is 2.56 bits per heavy atom. The monoisotopic (exact) mass is 237 g/mol. The third-order valence-corrected chi connectivity index (χ3v) is 3.41. The molecule has 0 spiro atoms. The molecule has 16 heavy (non-hydrogen) atoms. The Balaban J connectivity index is 1.93. The molecular weight excluding hydrogens is 214 g/mol. The fraction of sp³-hybridized carbons (Fsp3) is 0.571. The fourth-order valence-electron chi connectivity index (χ4n) is 1.45. The van der Waals surface area contributed by atoms with E-state index in [9.17, 15) is 0 Å². The van der Waals surface area contributed by atoms with Crippen molar-refractivity contribution >= 4 is 11.8 Å². The van der Waals surface area contributed by atoms with E-state index in [0.29, 0.717) is 0 Å². The predicted molar refractivity (Wildman–Crippen MR) is 74.1 cm³/mol. The number of nitrogens with one attached hydrogen (secondary N) is 1. The molecule has 90 valence electrons. The number of rotatable bonds is 8. The van der Waals surface area contributed by atoms with E-state index in [1.165, 1.54) is 23.5 Å². The molecule has 0 aromatic heterocycles. The average Bonchev–Trinajstić information content (AvgIpc) is 2.29. The third-order valence-electron chi connectivity index (χ3n) is 2.31. The van der Waals surface area contributed by atoms with Gasteiger partial charge in [0.1, 0.15) is 0 Å². The summed E-state index contributed by atoms with van der Waals surface area (Å²) in [6, 6.07) is 10.6. The van der Waals surface area contributed by atoms with Crippen LogP contribution < -0.4 is 5.32 Å². The van der Waals surface area contributed by atoms with Gasteiger partial charge in [-0.2, -0.15) is 0 Å². The van der Waals surface area contributed by atoms with Gasteiger partial charge in [0.05, 0.1) is 0 Å². The minimum absolute atomic E-state index is 0.763. The average molecular weight is 237 g/mol. The maximum Gasteiger partial charge on any atom is 0.00719 e. The van der Waals surface area contributed by atoms with Crippen molar-refractivity contribution in [1.29, 1.82) is 0 Å². The maximum absolute atomic E-state index is 3.47. The van der Waals surface area contributed by atoms with Gasteiger partial charge in [0.25, 0.3) is 0 Å². The minimum atomic E-state index is 0.763. The summed E-state index contributed by atoms with van der Waals surface area (Å²) in [5.41, 5.74) is 0. The van der Waals surface area contributed by atoms with Crippen LogP contribution in [0.5, 0.6) is 0 Å². The van der Waals surface area contributed by atoms with Gasteiger partial charge in [-0.3, -0.25) is 0 Å². The molecule has 0 heterocycles. The Hall–Kier alpha value is -0.470. The van der Waals surface area contributed by atoms with Gasteiger partial charge in [-0.25, -0.2) is 0 Å². The first-order valence-electron chi connectivity index (χ1n) is 6.17. The molecular formula is C14H23NS. The number of benzene rings is 1. The number of unbranched alkanes of at least 4 members (excludes halogenated alkanes) is 1. The van der Waals surface area contributed by atoms with Gasteiger partial charge in [-0.05, 0) is 49.7 Å². The summed E-state index contributed by atoms with van der Waals surface area (Å²) in [5, 5.41) is 3.47. The lowest BCUT2D eigenvalue weighted by Crippen LogP contribution is -2.20.